The van der Waals surface area contributed by atoms with Crippen molar-refractivity contribution in [3.63, 3.8) is 0 Å². The average molecular weight is 430 g/mol. The number of rotatable bonds is 8. The van der Waals surface area contributed by atoms with E-state index in [2.05, 4.69) is 9.97 Å². The summed E-state index contributed by atoms with van der Waals surface area (Å²) < 4.78 is 26.0. The van der Waals surface area contributed by atoms with E-state index in [1.807, 2.05) is 20.8 Å². The third-order valence-corrected chi connectivity index (χ3v) is 7.18. The van der Waals surface area contributed by atoms with E-state index in [0.29, 0.717) is 16.8 Å². The standard InChI is InChI=1S/C17H28N5O6P/c1-4-9(3)29(26)28-10(5-2)6-11-13(23)14(24)17(27-11)21-7-19-12-15(18)22(25)8-20-16(12)21/h7-11,13-14,17-18,23-25,29H,4-6H2,1-3H3/p+1/t9?,10?,11-,13-,14-,17?/m1/s1. The smallest absolute Gasteiger partial charge is 0.289 e. The molecule has 0 aliphatic carbocycles. The maximum atomic E-state index is 12.3. The zero-order valence-electron chi connectivity index (χ0n) is 16.7. The second-order valence-electron chi connectivity index (χ2n) is 7.36. The number of hydrogen-bond donors (Lipinski definition) is 4. The molecular weight excluding hydrogens is 401 g/mol. The number of nitrogen functional groups attached to an aromatic ring is 1. The number of nitrogens with two attached hydrogens (primary N) is 1. The highest BCUT2D eigenvalue weighted by atomic mass is 31.1. The van der Waals surface area contributed by atoms with Gasteiger partial charge >= 0.3 is 0 Å². The molecule has 11 nitrogen and oxygen atoms in total. The fourth-order valence-corrected chi connectivity index (χ4v) is 4.44. The van der Waals surface area contributed by atoms with Gasteiger partial charge in [0.1, 0.15) is 18.5 Å². The molecule has 1 aliphatic heterocycles. The van der Waals surface area contributed by atoms with Crippen LogP contribution in [0.5, 0.6) is 0 Å². The highest BCUT2D eigenvalue weighted by Gasteiger charge is 2.45. The first-order valence-electron chi connectivity index (χ1n) is 9.72. The number of fused-ring (bicyclic) bond motifs is 1. The summed E-state index contributed by atoms with van der Waals surface area (Å²) in [5, 5.41) is 30.7. The molecular formula is C17H29N5O6P+. The van der Waals surface area contributed by atoms with Crippen LogP contribution in [0.15, 0.2) is 12.7 Å². The van der Waals surface area contributed by atoms with Gasteiger partial charge in [0.25, 0.3) is 12.1 Å². The Morgan fingerprint density at radius 2 is 2.07 bits per heavy atom. The molecule has 12 heteroatoms. The fourth-order valence-electron chi connectivity index (χ4n) is 3.29. The van der Waals surface area contributed by atoms with Crippen molar-refractivity contribution < 1.29 is 34.0 Å². The molecule has 162 valence electrons. The third kappa shape index (κ3) is 4.24. The van der Waals surface area contributed by atoms with Crippen molar-refractivity contribution in [2.24, 2.45) is 0 Å². The van der Waals surface area contributed by atoms with Gasteiger partial charge in [-0.3, -0.25) is 9.13 Å². The monoisotopic (exact) mass is 430 g/mol. The first-order valence-corrected chi connectivity index (χ1v) is 11.1. The first kappa shape index (κ1) is 21.9. The quantitative estimate of drug-likeness (QED) is 0.268. The molecule has 7 atom stereocenters. The maximum Gasteiger partial charge on any atom is 0.289 e. The minimum absolute atomic E-state index is 0.00653. The van der Waals surface area contributed by atoms with Crippen molar-refractivity contribution >= 4 is 25.0 Å². The number of imidazole rings is 1. The summed E-state index contributed by atoms with van der Waals surface area (Å²) in [5.41, 5.74) is 6.31. The van der Waals surface area contributed by atoms with Gasteiger partial charge in [-0.1, -0.05) is 30.5 Å². The van der Waals surface area contributed by atoms with Gasteiger partial charge < -0.3 is 30.4 Å². The van der Waals surface area contributed by atoms with Crippen molar-refractivity contribution in [1.29, 1.82) is 0 Å². The molecule has 29 heavy (non-hydrogen) atoms. The van der Waals surface area contributed by atoms with Crippen molar-refractivity contribution in [2.75, 3.05) is 5.73 Å². The lowest BCUT2D eigenvalue weighted by atomic mass is 10.0. The fraction of sp³-hybridized carbons (Fsp3) is 0.706. The molecule has 2 aromatic heterocycles. The molecule has 3 heterocycles. The number of hydrogen-bond acceptors (Lipinski definition) is 9. The minimum Gasteiger partial charge on any atom is -0.388 e. The number of nitrogens with zero attached hydrogens (tertiary/aromatic N) is 4. The Morgan fingerprint density at radius 1 is 1.34 bits per heavy atom. The maximum absolute atomic E-state index is 12.3. The number of ether oxygens (including phenoxy) is 1. The molecule has 2 aromatic rings. The van der Waals surface area contributed by atoms with Crippen LogP contribution in [0, 0.1) is 0 Å². The second-order valence-corrected chi connectivity index (χ2v) is 9.22. The molecule has 0 bridgehead atoms. The lowest BCUT2D eigenvalue weighted by Crippen LogP contribution is -2.35. The van der Waals surface area contributed by atoms with Crippen molar-refractivity contribution in [3.8, 4) is 0 Å². The highest BCUT2D eigenvalue weighted by Crippen LogP contribution is 2.38. The summed E-state index contributed by atoms with van der Waals surface area (Å²) in [6.45, 7) is 5.75. The van der Waals surface area contributed by atoms with Gasteiger partial charge in [0.05, 0.1) is 12.2 Å². The molecule has 1 saturated heterocycles. The Hall–Kier alpha value is -1.78. The highest BCUT2D eigenvalue weighted by molar-refractivity contribution is 7.40. The van der Waals surface area contributed by atoms with E-state index in [-0.39, 0.29) is 29.5 Å². The predicted molar refractivity (Wildman–Crippen MR) is 104 cm³/mol. The molecule has 1 fully saturated rings. The topological polar surface area (TPSA) is 157 Å². The molecule has 4 unspecified atom stereocenters. The summed E-state index contributed by atoms with van der Waals surface area (Å²) in [5.74, 6) is -0.00653. The average Bonchev–Trinajstić information content (AvgIpc) is 3.26. The van der Waals surface area contributed by atoms with Gasteiger partial charge in [-0.2, -0.15) is 0 Å². The predicted octanol–water partition coefficient (Wildman–Crippen LogP) is 0.616. The lowest BCUT2D eigenvalue weighted by Gasteiger charge is -2.22. The Kier molecular flexibility index (Phi) is 6.75. The van der Waals surface area contributed by atoms with Crippen LogP contribution in [0.3, 0.4) is 0 Å². The number of anilines is 1. The van der Waals surface area contributed by atoms with Crippen LogP contribution < -0.4 is 10.5 Å². The van der Waals surface area contributed by atoms with Crippen molar-refractivity contribution in [1.82, 2.24) is 14.5 Å². The van der Waals surface area contributed by atoms with Gasteiger partial charge in [0, 0.05) is 12.1 Å². The van der Waals surface area contributed by atoms with Gasteiger partial charge in [-0.25, -0.2) is 4.98 Å². The van der Waals surface area contributed by atoms with Crippen molar-refractivity contribution in [3.05, 3.63) is 12.7 Å². The normalized spacial score (nSPS) is 27.9. The van der Waals surface area contributed by atoms with Crippen LogP contribution in [0.4, 0.5) is 5.82 Å². The Bertz CT molecular complexity index is 879. The van der Waals surface area contributed by atoms with E-state index < -0.39 is 32.6 Å². The van der Waals surface area contributed by atoms with Crippen LogP contribution in [0.25, 0.3) is 11.2 Å². The zero-order chi connectivity index (χ0) is 21.3. The van der Waals surface area contributed by atoms with Gasteiger partial charge in [0.15, 0.2) is 14.3 Å². The number of aliphatic hydroxyl groups is 2. The summed E-state index contributed by atoms with van der Waals surface area (Å²) in [6.07, 6.45) is -0.267. The van der Waals surface area contributed by atoms with E-state index in [0.717, 1.165) is 12.7 Å². The van der Waals surface area contributed by atoms with Crippen LogP contribution >= 0.6 is 8.03 Å². The van der Waals surface area contributed by atoms with Gasteiger partial charge in [-0.15, -0.1) is 0 Å². The lowest BCUT2D eigenvalue weighted by molar-refractivity contribution is -0.894. The van der Waals surface area contributed by atoms with Crippen molar-refractivity contribution in [2.45, 2.75) is 76.3 Å². The van der Waals surface area contributed by atoms with Gasteiger partial charge in [0.2, 0.25) is 11.2 Å². The molecule has 0 amide bonds. The number of aliphatic hydroxyl groups excluding tert-OH is 2. The molecule has 0 spiro atoms. The van der Waals surface area contributed by atoms with Crippen LogP contribution in [0.2, 0.25) is 0 Å². The molecule has 5 N–H and O–H groups in total. The molecule has 0 radical (unpaired) electrons. The number of aromatic nitrogens is 4. The van der Waals surface area contributed by atoms with E-state index in [9.17, 15) is 20.0 Å². The second kappa shape index (κ2) is 8.93. The SMILES string of the molecule is CCC(C[C@H]1OC(n2cnc3c(N)[n+](O)cnc32)[C@H](O)[C@@H]1O)O[PH](=O)C(C)CC. The van der Waals surface area contributed by atoms with E-state index in [4.69, 9.17) is 15.0 Å². The molecule has 3 rings (SSSR count). The minimum atomic E-state index is -2.21. The Morgan fingerprint density at radius 3 is 2.72 bits per heavy atom. The van der Waals surface area contributed by atoms with E-state index >= 15 is 0 Å². The molecule has 0 aromatic carbocycles. The van der Waals surface area contributed by atoms with E-state index in [1.165, 1.54) is 10.9 Å². The van der Waals surface area contributed by atoms with Gasteiger partial charge in [-0.05, 0) is 12.8 Å². The largest absolute Gasteiger partial charge is 0.388 e. The van der Waals surface area contributed by atoms with Crippen LogP contribution in [-0.2, 0) is 13.8 Å². The summed E-state index contributed by atoms with van der Waals surface area (Å²) >= 11 is 0. The first-order chi connectivity index (χ1) is 13.8. The Labute approximate surface area is 168 Å². The van der Waals surface area contributed by atoms with E-state index in [1.54, 1.807) is 0 Å². The summed E-state index contributed by atoms with van der Waals surface area (Å²) in [7, 11) is -2.21. The molecule has 0 saturated carbocycles. The van der Waals surface area contributed by atoms with Crippen LogP contribution in [0.1, 0.15) is 46.3 Å². The third-order valence-electron chi connectivity index (χ3n) is 5.41. The summed E-state index contributed by atoms with van der Waals surface area (Å²) in [4.78, 5) is 8.19. The molecule has 1 aliphatic rings. The zero-order valence-corrected chi connectivity index (χ0v) is 17.7. The van der Waals surface area contributed by atoms with Crippen LogP contribution in [-0.4, -0.2) is 60.0 Å². The Balaban J connectivity index is 1.76. The summed E-state index contributed by atoms with van der Waals surface area (Å²) in [6, 6.07) is 0.